The number of halogens is 2. The van der Waals surface area contributed by atoms with Gasteiger partial charge in [-0.25, -0.2) is 13.6 Å². The number of nitrogens with one attached hydrogen (secondary N) is 1. The molecule has 1 N–H and O–H groups in total. The average molecular weight is 319 g/mol. The maximum atomic E-state index is 13.7. The van der Waals surface area contributed by atoms with E-state index in [-0.39, 0.29) is 18.5 Å². The summed E-state index contributed by atoms with van der Waals surface area (Å²) in [5, 5.41) is 2.75. The van der Waals surface area contributed by atoms with Crippen LogP contribution in [-0.2, 0) is 6.54 Å². The number of amides is 2. The Morgan fingerprint density at radius 1 is 1.26 bits per heavy atom. The number of hydrogen-bond donors (Lipinski definition) is 1. The number of carbonyl (C=O) groups excluding carboxylic acids is 1. The molecule has 0 saturated carbocycles. The van der Waals surface area contributed by atoms with Crippen LogP contribution in [0.5, 0.6) is 0 Å². The molecular weight excluding hydrogens is 300 g/mol. The third kappa shape index (κ3) is 4.74. The van der Waals surface area contributed by atoms with Crippen LogP contribution in [0.2, 0.25) is 0 Å². The van der Waals surface area contributed by atoms with E-state index in [0.717, 1.165) is 11.6 Å². The molecule has 122 valence electrons. The molecule has 0 fully saturated rings. The molecule has 1 aromatic carbocycles. The van der Waals surface area contributed by atoms with Gasteiger partial charge in [0, 0.05) is 44.5 Å². The van der Waals surface area contributed by atoms with Gasteiger partial charge < -0.3 is 10.2 Å². The third-order valence-corrected chi connectivity index (χ3v) is 3.57. The number of pyridine rings is 1. The van der Waals surface area contributed by atoms with Crippen LogP contribution < -0.4 is 5.32 Å². The van der Waals surface area contributed by atoms with Crippen LogP contribution in [0.25, 0.3) is 0 Å². The Labute approximate surface area is 134 Å². The molecule has 0 saturated heterocycles. The van der Waals surface area contributed by atoms with Gasteiger partial charge in [-0.1, -0.05) is 13.0 Å². The van der Waals surface area contributed by atoms with Crippen molar-refractivity contribution in [1.29, 1.82) is 0 Å². The predicted molar refractivity (Wildman–Crippen MR) is 83.9 cm³/mol. The van der Waals surface area contributed by atoms with Crippen molar-refractivity contribution in [3.8, 4) is 0 Å². The number of nitrogens with zero attached hydrogens (tertiary/aromatic N) is 2. The lowest BCUT2D eigenvalue weighted by Gasteiger charge is -2.20. The molecule has 0 spiro atoms. The molecule has 2 amide bonds. The first-order valence-corrected chi connectivity index (χ1v) is 7.30. The third-order valence-electron chi connectivity index (χ3n) is 3.57. The highest BCUT2D eigenvalue weighted by atomic mass is 19.1. The van der Waals surface area contributed by atoms with Crippen molar-refractivity contribution in [3.05, 3.63) is 65.5 Å². The van der Waals surface area contributed by atoms with Crippen molar-refractivity contribution in [3.63, 3.8) is 0 Å². The van der Waals surface area contributed by atoms with Crippen LogP contribution in [-0.4, -0.2) is 29.5 Å². The summed E-state index contributed by atoms with van der Waals surface area (Å²) in [6.07, 6.45) is 3.33. The SMILES string of the molecule is C[C@@H](CNC(=O)N(C)Cc1ccncc1)c1ccc(F)cc1F. The van der Waals surface area contributed by atoms with Crippen LogP contribution in [0, 0.1) is 11.6 Å². The Hall–Kier alpha value is -2.50. The lowest BCUT2D eigenvalue weighted by molar-refractivity contribution is 0.206. The van der Waals surface area contributed by atoms with Crippen LogP contribution in [0.1, 0.15) is 24.0 Å². The minimum absolute atomic E-state index is 0.254. The zero-order valence-corrected chi connectivity index (χ0v) is 13.1. The second kappa shape index (κ2) is 7.67. The summed E-state index contributed by atoms with van der Waals surface area (Å²) >= 11 is 0. The smallest absolute Gasteiger partial charge is 0.317 e. The maximum absolute atomic E-state index is 13.7. The first-order valence-electron chi connectivity index (χ1n) is 7.30. The van der Waals surface area contributed by atoms with E-state index in [2.05, 4.69) is 10.3 Å². The van der Waals surface area contributed by atoms with Gasteiger partial charge in [0.1, 0.15) is 11.6 Å². The van der Waals surface area contributed by atoms with Crippen molar-refractivity contribution in [2.75, 3.05) is 13.6 Å². The zero-order valence-electron chi connectivity index (χ0n) is 13.1. The summed E-state index contributed by atoms with van der Waals surface area (Å²) in [5.74, 6) is -1.47. The quantitative estimate of drug-likeness (QED) is 0.919. The molecule has 23 heavy (non-hydrogen) atoms. The molecule has 0 aliphatic heterocycles. The van der Waals surface area contributed by atoms with E-state index in [1.165, 1.54) is 17.0 Å². The molecule has 0 unspecified atom stereocenters. The van der Waals surface area contributed by atoms with Gasteiger partial charge in [-0.2, -0.15) is 0 Å². The Kier molecular flexibility index (Phi) is 5.62. The number of aromatic nitrogens is 1. The Balaban J connectivity index is 1.88. The van der Waals surface area contributed by atoms with E-state index in [0.29, 0.717) is 12.1 Å². The van der Waals surface area contributed by atoms with Crippen LogP contribution in [0.3, 0.4) is 0 Å². The number of carbonyl (C=O) groups is 1. The second-order valence-electron chi connectivity index (χ2n) is 5.46. The van der Waals surface area contributed by atoms with Crippen LogP contribution in [0.15, 0.2) is 42.7 Å². The fourth-order valence-corrected chi connectivity index (χ4v) is 2.22. The number of rotatable bonds is 5. The van der Waals surface area contributed by atoms with Crippen molar-refractivity contribution in [2.45, 2.75) is 19.4 Å². The van der Waals surface area contributed by atoms with E-state index >= 15 is 0 Å². The minimum Gasteiger partial charge on any atom is -0.337 e. The topological polar surface area (TPSA) is 45.2 Å². The molecule has 1 heterocycles. The molecule has 0 radical (unpaired) electrons. The van der Waals surface area contributed by atoms with Gasteiger partial charge in [0.25, 0.3) is 0 Å². The summed E-state index contributed by atoms with van der Waals surface area (Å²) in [6, 6.07) is 6.88. The Morgan fingerprint density at radius 2 is 1.96 bits per heavy atom. The van der Waals surface area contributed by atoms with E-state index in [1.807, 2.05) is 12.1 Å². The lowest BCUT2D eigenvalue weighted by atomic mass is 10.0. The normalized spacial score (nSPS) is 11.8. The molecule has 4 nitrogen and oxygen atoms in total. The molecule has 1 atom stereocenters. The van der Waals surface area contributed by atoms with Gasteiger partial charge in [0.2, 0.25) is 0 Å². The van der Waals surface area contributed by atoms with Crippen molar-refractivity contribution >= 4 is 6.03 Å². The molecule has 0 aliphatic carbocycles. The van der Waals surface area contributed by atoms with Crippen molar-refractivity contribution in [1.82, 2.24) is 15.2 Å². The molecule has 1 aromatic heterocycles. The predicted octanol–water partition coefficient (Wildman–Crippen LogP) is 3.30. The summed E-state index contributed by atoms with van der Waals surface area (Å²) < 4.78 is 26.6. The van der Waals surface area contributed by atoms with Crippen molar-refractivity contribution < 1.29 is 13.6 Å². The number of urea groups is 1. The molecule has 2 rings (SSSR count). The second-order valence-corrected chi connectivity index (χ2v) is 5.46. The van der Waals surface area contributed by atoms with Gasteiger partial charge >= 0.3 is 6.03 Å². The zero-order chi connectivity index (χ0) is 16.8. The van der Waals surface area contributed by atoms with Gasteiger partial charge in [0.15, 0.2) is 0 Å². The van der Waals surface area contributed by atoms with E-state index in [1.54, 1.807) is 26.4 Å². The molecule has 2 aromatic rings. The Morgan fingerprint density at radius 3 is 2.61 bits per heavy atom. The maximum Gasteiger partial charge on any atom is 0.317 e. The largest absolute Gasteiger partial charge is 0.337 e. The van der Waals surface area contributed by atoms with Gasteiger partial charge in [0.05, 0.1) is 0 Å². The lowest BCUT2D eigenvalue weighted by Crippen LogP contribution is -2.38. The van der Waals surface area contributed by atoms with E-state index in [9.17, 15) is 13.6 Å². The van der Waals surface area contributed by atoms with E-state index < -0.39 is 11.6 Å². The summed E-state index contributed by atoms with van der Waals surface area (Å²) in [5.41, 5.74) is 1.35. The highest BCUT2D eigenvalue weighted by Crippen LogP contribution is 2.19. The van der Waals surface area contributed by atoms with Gasteiger partial charge in [-0.15, -0.1) is 0 Å². The summed E-state index contributed by atoms with van der Waals surface area (Å²) in [6.45, 7) is 2.50. The van der Waals surface area contributed by atoms with Gasteiger partial charge in [-0.05, 0) is 29.3 Å². The number of hydrogen-bond acceptors (Lipinski definition) is 2. The van der Waals surface area contributed by atoms with Gasteiger partial charge in [-0.3, -0.25) is 4.98 Å². The standard InChI is InChI=1S/C17H19F2N3O/c1-12(15-4-3-14(18)9-16(15)19)10-21-17(23)22(2)11-13-5-7-20-8-6-13/h3-9,12H,10-11H2,1-2H3,(H,21,23)/t12-/m0/s1. The highest BCUT2D eigenvalue weighted by Gasteiger charge is 2.14. The average Bonchev–Trinajstić information content (AvgIpc) is 2.53. The monoisotopic (exact) mass is 319 g/mol. The highest BCUT2D eigenvalue weighted by molar-refractivity contribution is 5.73. The fourth-order valence-electron chi connectivity index (χ4n) is 2.22. The van der Waals surface area contributed by atoms with E-state index in [4.69, 9.17) is 0 Å². The molecular formula is C17H19F2N3O. The Bertz CT molecular complexity index is 664. The summed E-state index contributed by atoms with van der Waals surface area (Å²) in [7, 11) is 1.68. The molecule has 0 aliphatic rings. The molecule has 0 bridgehead atoms. The van der Waals surface area contributed by atoms with Crippen LogP contribution >= 0.6 is 0 Å². The number of benzene rings is 1. The minimum atomic E-state index is -0.612. The first-order chi connectivity index (χ1) is 11.0. The summed E-state index contributed by atoms with van der Waals surface area (Å²) in [4.78, 5) is 17.5. The van der Waals surface area contributed by atoms with Crippen molar-refractivity contribution in [2.24, 2.45) is 0 Å². The van der Waals surface area contributed by atoms with Crippen LogP contribution in [0.4, 0.5) is 13.6 Å². The first kappa shape index (κ1) is 16.9. The molecule has 6 heteroatoms. The fraction of sp³-hybridized carbons (Fsp3) is 0.294.